The smallest absolute Gasteiger partial charge is 0.348 e. The summed E-state index contributed by atoms with van der Waals surface area (Å²) in [5, 5.41) is 8.55. The van der Waals surface area contributed by atoms with Crippen molar-refractivity contribution in [2.24, 2.45) is 0 Å². The van der Waals surface area contributed by atoms with Gasteiger partial charge in [0.1, 0.15) is 9.88 Å². The molecule has 0 amide bonds. The maximum atomic E-state index is 12.4. The lowest BCUT2D eigenvalue weighted by Gasteiger charge is -2.06. The summed E-state index contributed by atoms with van der Waals surface area (Å²) in [5.74, 6) is 0.573. The van der Waals surface area contributed by atoms with Crippen molar-refractivity contribution in [3.05, 3.63) is 34.2 Å². The third-order valence-corrected chi connectivity index (χ3v) is 6.23. The highest BCUT2D eigenvalue weighted by molar-refractivity contribution is 7.98. The van der Waals surface area contributed by atoms with Crippen molar-refractivity contribution in [2.45, 2.75) is 24.8 Å². The van der Waals surface area contributed by atoms with Crippen molar-refractivity contribution < 1.29 is 33.0 Å². The molecule has 0 saturated heterocycles. The number of hydrogen-bond acceptors (Lipinski definition) is 12. The lowest BCUT2D eigenvalue weighted by atomic mass is 10.1. The zero-order valence-electron chi connectivity index (χ0n) is 17.2. The van der Waals surface area contributed by atoms with Gasteiger partial charge in [-0.05, 0) is 32.0 Å². The molecular weight excluding hydrogens is 458 g/mol. The summed E-state index contributed by atoms with van der Waals surface area (Å²) in [6.07, 6.45) is 0. The van der Waals surface area contributed by atoms with Crippen LogP contribution in [0.3, 0.4) is 0 Å². The number of thiophene rings is 1. The van der Waals surface area contributed by atoms with Crippen LogP contribution in [0.5, 0.6) is 11.5 Å². The van der Waals surface area contributed by atoms with Gasteiger partial charge in [-0.15, -0.1) is 21.5 Å². The van der Waals surface area contributed by atoms with E-state index in [0.29, 0.717) is 28.5 Å². The Kier molecular flexibility index (Phi) is 6.51. The van der Waals surface area contributed by atoms with Gasteiger partial charge in [0, 0.05) is 16.9 Å². The van der Waals surface area contributed by atoms with Crippen LogP contribution >= 0.6 is 23.1 Å². The van der Waals surface area contributed by atoms with Gasteiger partial charge in [-0.3, -0.25) is 0 Å². The maximum absolute atomic E-state index is 12.4. The standard InChI is InChI=1S/C20H19N3O7S2/c1-3-26-18(24)14-11(15(32-16(14)21)19(25)27-4-2)8-31-20-23-22-17(30-20)10-5-6-12-13(7-10)29-9-28-12/h5-7H,3-4,8-9,21H2,1-2H3. The van der Waals surface area contributed by atoms with Gasteiger partial charge in [0.15, 0.2) is 11.5 Å². The van der Waals surface area contributed by atoms with Crippen LogP contribution in [-0.2, 0) is 15.2 Å². The number of ether oxygens (including phenoxy) is 4. The summed E-state index contributed by atoms with van der Waals surface area (Å²) < 4.78 is 26.6. The lowest BCUT2D eigenvalue weighted by molar-refractivity contribution is 0.0527. The number of nitrogen functional groups attached to an aromatic ring is 1. The number of anilines is 1. The van der Waals surface area contributed by atoms with E-state index >= 15 is 0 Å². The molecule has 4 rings (SSSR count). The molecule has 0 spiro atoms. The zero-order valence-corrected chi connectivity index (χ0v) is 18.8. The molecule has 0 aliphatic carbocycles. The van der Waals surface area contributed by atoms with Gasteiger partial charge >= 0.3 is 11.9 Å². The average Bonchev–Trinajstić information content (AvgIpc) is 3.50. The van der Waals surface area contributed by atoms with E-state index in [1.54, 1.807) is 32.0 Å². The number of benzene rings is 1. The van der Waals surface area contributed by atoms with Crippen LogP contribution in [0.15, 0.2) is 27.8 Å². The summed E-state index contributed by atoms with van der Waals surface area (Å²) in [6.45, 7) is 3.93. The van der Waals surface area contributed by atoms with Crippen LogP contribution in [-0.4, -0.2) is 42.1 Å². The molecule has 10 nitrogen and oxygen atoms in total. The van der Waals surface area contributed by atoms with E-state index in [9.17, 15) is 9.59 Å². The summed E-state index contributed by atoms with van der Waals surface area (Å²) in [7, 11) is 0. The molecule has 3 heterocycles. The van der Waals surface area contributed by atoms with Gasteiger partial charge in [-0.1, -0.05) is 11.8 Å². The van der Waals surface area contributed by atoms with Crippen LogP contribution in [0.2, 0.25) is 0 Å². The Labute approximate surface area is 191 Å². The minimum absolute atomic E-state index is 0.155. The van der Waals surface area contributed by atoms with E-state index in [0.717, 1.165) is 11.3 Å². The predicted molar refractivity (Wildman–Crippen MR) is 116 cm³/mol. The van der Waals surface area contributed by atoms with Gasteiger partial charge in [-0.2, -0.15) is 0 Å². The van der Waals surface area contributed by atoms with Crippen LogP contribution in [0, 0.1) is 0 Å². The summed E-state index contributed by atoms with van der Waals surface area (Å²) >= 11 is 2.15. The molecule has 1 aliphatic rings. The highest BCUT2D eigenvalue weighted by Gasteiger charge is 2.28. The Bertz CT molecular complexity index is 1160. The molecule has 0 bridgehead atoms. The number of hydrogen-bond donors (Lipinski definition) is 1. The summed E-state index contributed by atoms with van der Waals surface area (Å²) in [6, 6.07) is 5.30. The Balaban J connectivity index is 1.57. The summed E-state index contributed by atoms with van der Waals surface area (Å²) in [5.41, 5.74) is 7.27. The van der Waals surface area contributed by atoms with E-state index in [1.165, 1.54) is 11.8 Å². The number of carbonyl (C=O) groups excluding carboxylic acids is 2. The SMILES string of the molecule is CCOC(=O)c1sc(N)c(C(=O)OCC)c1CSc1nnc(-c2ccc3c(c2)OCO3)o1. The molecule has 0 saturated carbocycles. The van der Waals surface area contributed by atoms with Gasteiger partial charge in [0.05, 0.1) is 18.8 Å². The van der Waals surface area contributed by atoms with Gasteiger partial charge in [0.25, 0.3) is 5.22 Å². The first kappa shape index (κ1) is 22.0. The molecule has 3 aromatic rings. The van der Waals surface area contributed by atoms with Crippen LogP contribution in [0.1, 0.15) is 39.4 Å². The number of nitrogens with two attached hydrogens (primary N) is 1. The Hall–Kier alpha value is -3.25. The monoisotopic (exact) mass is 477 g/mol. The van der Waals surface area contributed by atoms with Crippen molar-refractivity contribution in [3.63, 3.8) is 0 Å². The topological polar surface area (TPSA) is 136 Å². The Morgan fingerprint density at radius 3 is 2.66 bits per heavy atom. The fourth-order valence-electron chi connectivity index (χ4n) is 2.96. The fraction of sp³-hybridized carbons (Fsp3) is 0.300. The van der Waals surface area contributed by atoms with E-state index < -0.39 is 11.9 Å². The summed E-state index contributed by atoms with van der Waals surface area (Å²) in [4.78, 5) is 25.1. The number of carbonyl (C=O) groups is 2. The second-order valence-corrected chi connectivity index (χ2v) is 8.30. The molecule has 2 aromatic heterocycles. The minimum atomic E-state index is -0.598. The lowest BCUT2D eigenvalue weighted by Crippen LogP contribution is -2.11. The Morgan fingerprint density at radius 2 is 1.88 bits per heavy atom. The third-order valence-electron chi connectivity index (χ3n) is 4.34. The Morgan fingerprint density at radius 1 is 1.12 bits per heavy atom. The predicted octanol–water partition coefficient (Wildman–Crippen LogP) is 3.75. The molecule has 168 valence electrons. The molecule has 0 radical (unpaired) electrons. The maximum Gasteiger partial charge on any atom is 0.348 e. The van der Waals surface area contributed by atoms with Crippen LogP contribution < -0.4 is 15.2 Å². The molecule has 0 fully saturated rings. The number of rotatable bonds is 8. The first-order valence-corrected chi connectivity index (χ1v) is 11.4. The van der Waals surface area contributed by atoms with E-state index in [4.69, 9.17) is 29.1 Å². The molecule has 0 unspecified atom stereocenters. The van der Waals surface area contributed by atoms with Gasteiger partial charge in [-0.25, -0.2) is 9.59 Å². The number of thioether (sulfide) groups is 1. The number of esters is 2. The molecule has 12 heteroatoms. The molecule has 32 heavy (non-hydrogen) atoms. The van der Waals surface area contributed by atoms with Crippen molar-refractivity contribution in [2.75, 3.05) is 25.7 Å². The first-order valence-electron chi connectivity index (χ1n) is 9.63. The molecule has 1 aromatic carbocycles. The highest BCUT2D eigenvalue weighted by atomic mass is 32.2. The molecule has 1 aliphatic heterocycles. The minimum Gasteiger partial charge on any atom is -0.462 e. The van der Waals surface area contributed by atoms with Crippen LogP contribution in [0.25, 0.3) is 11.5 Å². The van der Waals surface area contributed by atoms with Crippen molar-refractivity contribution in [1.82, 2.24) is 10.2 Å². The molecular formula is C20H19N3O7S2. The van der Waals surface area contributed by atoms with Gasteiger partial charge in [0.2, 0.25) is 12.7 Å². The van der Waals surface area contributed by atoms with E-state index in [2.05, 4.69) is 10.2 Å². The second kappa shape index (κ2) is 9.49. The first-order chi connectivity index (χ1) is 15.5. The molecule has 2 N–H and O–H groups in total. The zero-order chi connectivity index (χ0) is 22.7. The van der Waals surface area contributed by atoms with Crippen LogP contribution in [0.4, 0.5) is 5.00 Å². The van der Waals surface area contributed by atoms with E-state index in [-0.39, 0.29) is 46.4 Å². The fourth-order valence-corrected chi connectivity index (χ4v) is 4.81. The van der Waals surface area contributed by atoms with Crippen molar-refractivity contribution in [3.8, 4) is 23.0 Å². The largest absolute Gasteiger partial charge is 0.462 e. The normalized spacial score (nSPS) is 12.1. The highest BCUT2D eigenvalue weighted by Crippen LogP contribution is 2.38. The van der Waals surface area contributed by atoms with Gasteiger partial charge < -0.3 is 29.1 Å². The van der Waals surface area contributed by atoms with E-state index in [1.807, 2.05) is 0 Å². The quantitative estimate of drug-likeness (QED) is 0.375. The third kappa shape index (κ3) is 4.36. The van der Waals surface area contributed by atoms with Crippen molar-refractivity contribution >= 4 is 40.0 Å². The van der Waals surface area contributed by atoms with Crippen molar-refractivity contribution in [1.29, 1.82) is 0 Å². The number of aromatic nitrogens is 2. The second-order valence-electron chi connectivity index (χ2n) is 6.32. The molecule has 0 atom stereocenters. The average molecular weight is 478 g/mol. The number of nitrogens with zero attached hydrogens (tertiary/aromatic N) is 2. The number of fused-ring (bicyclic) bond motifs is 1.